The summed E-state index contributed by atoms with van der Waals surface area (Å²) in [7, 11) is 0. The van der Waals surface area contributed by atoms with E-state index in [4.69, 9.17) is 4.52 Å². The summed E-state index contributed by atoms with van der Waals surface area (Å²) in [6.07, 6.45) is 2.78. The van der Waals surface area contributed by atoms with Crippen LogP contribution in [-0.4, -0.2) is 40.1 Å². The minimum atomic E-state index is -0.205. The van der Waals surface area contributed by atoms with Crippen LogP contribution in [0.5, 0.6) is 0 Å². The molecule has 122 valence electrons. The first kappa shape index (κ1) is 15.8. The Morgan fingerprint density at radius 2 is 2.32 bits per heavy atom. The summed E-state index contributed by atoms with van der Waals surface area (Å²) in [5, 5.41) is 10.5. The first-order chi connectivity index (χ1) is 10.6. The van der Waals surface area contributed by atoms with E-state index >= 15 is 0 Å². The van der Waals surface area contributed by atoms with Gasteiger partial charge in [0.1, 0.15) is 6.04 Å². The summed E-state index contributed by atoms with van der Waals surface area (Å²) in [6, 6.07) is 0.0556. The van der Waals surface area contributed by atoms with Crippen LogP contribution in [0.1, 0.15) is 56.8 Å². The van der Waals surface area contributed by atoms with Crippen LogP contribution < -0.4 is 10.6 Å². The Bertz CT molecular complexity index is 509. The molecule has 6 nitrogen and oxygen atoms in total. The number of amides is 1. The van der Waals surface area contributed by atoms with Gasteiger partial charge in [-0.05, 0) is 18.8 Å². The third kappa shape index (κ3) is 4.01. The zero-order valence-corrected chi connectivity index (χ0v) is 14.0. The lowest BCUT2D eigenvalue weighted by Gasteiger charge is -2.24. The maximum absolute atomic E-state index is 12.3. The van der Waals surface area contributed by atoms with Crippen molar-refractivity contribution in [3.63, 3.8) is 0 Å². The van der Waals surface area contributed by atoms with Crippen LogP contribution in [-0.2, 0) is 4.79 Å². The second kappa shape index (κ2) is 7.00. The quantitative estimate of drug-likeness (QED) is 0.831. The Morgan fingerprint density at radius 3 is 2.95 bits per heavy atom. The molecule has 2 fully saturated rings. The number of aromatic nitrogens is 2. The highest BCUT2D eigenvalue weighted by Gasteiger charge is 2.31. The molecule has 1 saturated carbocycles. The van der Waals surface area contributed by atoms with E-state index in [9.17, 15) is 4.79 Å². The van der Waals surface area contributed by atoms with Gasteiger partial charge in [-0.1, -0.05) is 19.0 Å². The van der Waals surface area contributed by atoms with Crippen molar-refractivity contribution in [1.82, 2.24) is 20.8 Å². The topological polar surface area (TPSA) is 80.0 Å². The summed E-state index contributed by atoms with van der Waals surface area (Å²) < 4.78 is 5.38. The van der Waals surface area contributed by atoms with Gasteiger partial charge in [0, 0.05) is 36.4 Å². The number of hydrogen-bond donors (Lipinski definition) is 2. The smallest absolute Gasteiger partial charge is 0.249 e. The number of thioether (sulfide) groups is 1. The highest BCUT2D eigenvalue weighted by Crippen LogP contribution is 2.38. The van der Waals surface area contributed by atoms with Gasteiger partial charge in [-0.2, -0.15) is 16.7 Å². The maximum Gasteiger partial charge on any atom is 0.249 e. The highest BCUT2D eigenvalue weighted by atomic mass is 32.2. The van der Waals surface area contributed by atoms with E-state index in [0.29, 0.717) is 18.2 Å². The van der Waals surface area contributed by atoms with Gasteiger partial charge in [-0.3, -0.25) is 4.79 Å². The molecule has 2 N–H and O–H groups in total. The van der Waals surface area contributed by atoms with Gasteiger partial charge in [0.25, 0.3) is 0 Å². The summed E-state index contributed by atoms with van der Waals surface area (Å²) in [5.41, 5.74) is 0. The molecule has 0 spiro atoms. The summed E-state index contributed by atoms with van der Waals surface area (Å²) in [6.45, 7) is 5.09. The number of nitrogens with zero attached hydrogens (tertiary/aromatic N) is 2. The summed E-state index contributed by atoms with van der Waals surface area (Å²) in [4.78, 5) is 16.8. The monoisotopic (exact) mass is 324 g/mol. The van der Waals surface area contributed by atoms with Crippen LogP contribution in [0.3, 0.4) is 0 Å². The van der Waals surface area contributed by atoms with E-state index in [1.165, 1.54) is 0 Å². The molecule has 1 aliphatic carbocycles. The maximum atomic E-state index is 12.3. The van der Waals surface area contributed by atoms with Crippen molar-refractivity contribution in [1.29, 1.82) is 0 Å². The van der Waals surface area contributed by atoms with Gasteiger partial charge in [-0.25, -0.2) is 0 Å². The molecule has 1 aromatic rings. The van der Waals surface area contributed by atoms with Crippen molar-refractivity contribution in [2.45, 2.75) is 51.1 Å². The predicted molar refractivity (Wildman–Crippen MR) is 85.7 cm³/mol. The fraction of sp³-hybridized carbons (Fsp3) is 0.800. The lowest BCUT2D eigenvalue weighted by Crippen LogP contribution is -2.42. The van der Waals surface area contributed by atoms with Gasteiger partial charge in [0.05, 0.1) is 0 Å². The molecule has 0 aromatic carbocycles. The van der Waals surface area contributed by atoms with Gasteiger partial charge in [0.15, 0.2) is 5.82 Å². The van der Waals surface area contributed by atoms with Crippen LogP contribution in [0.4, 0.5) is 0 Å². The van der Waals surface area contributed by atoms with Gasteiger partial charge >= 0.3 is 0 Å². The van der Waals surface area contributed by atoms with Gasteiger partial charge in [-0.15, -0.1) is 0 Å². The number of rotatable bonds is 6. The summed E-state index contributed by atoms with van der Waals surface area (Å²) in [5.74, 6) is 4.17. The Labute approximate surface area is 135 Å². The molecule has 22 heavy (non-hydrogen) atoms. The molecule has 0 bridgehead atoms. The molecule has 3 rings (SSSR count). The highest BCUT2D eigenvalue weighted by molar-refractivity contribution is 7.99. The van der Waals surface area contributed by atoms with E-state index in [2.05, 4.69) is 34.6 Å². The third-order valence-corrected chi connectivity index (χ3v) is 5.21. The van der Waals surface area contributed by atoms with Crippen molar-refractivity contribution in [2.24, 2.45) is 5.92 Å². The number of hydrogen-bond acceptors (Lipinski definition) is 6. The van der Waals surface area contributed by atoms with E-state index in [1.807, 2.05) is 11.8 Å². The van der Waals surface area contributed by atoms with Gasteiger partial charge < -0.3 is 15.2 Å². The van der Waals surface area contributed by atoms with Gasteiger partial charge in [0.2, 0.25) is 11.8 Å². The molecule has 2 atom stereocenters. The van der Waals surface area contributed by atoms with Crippen LogP contribution >= 0.6 is 11.8 Å². The predicted octanol–water partition coefficient (Wildman–Crippen LogP) is 1.86. The van der Waals surface area contributed by atoms with Crippen LogP contribution in [0.2, 0.25) is 0 Å². The Morgan fingerprint density at radius 1 is 1.50 bits per heavy atom. The SMILES string of the molecule is CC(C)C(NC(=O)CC1CSCCN1)c1nc(C2CC2)no1. The van der Waals surface area contributed by atoms with Crippen molar-refractivity contribution >= 4 is 17.7 Å². The average molecular weight is 324 g/mol. The number of nitrogens with one attached hydrogen (secondary N) is 2. The fourth-order valence-corrected chi connectivity index (χ4v) is 3.55. The second-order valence-electron chi connectivity index (χ2n) is 6.48. The first-order valence-electron chi connectivity index (χ1n) is 8.07. The number of carbonyl (C=O) groups excluding carboxylic acids is 1. The molecule has 1 aromatic heterocycles. The Hall–Kier alpha value is -1.08. The molecular formula is C15H24N4O2S. The molecule has 2 unspecified atom stereocenters. The van der Waals surface area contributed by atoms with E-state index in [-0.39, 0.29) is 23.9 Å². The van der Waals surface area contributed by atoms with E-state index < -0.39 is 0 Å². The standard InChI is InChI=1S/C15H24N4O2S/c1-9(2)13(15-18-14(19-21-15)10-3-4-10)17-12(20)7-11-8-22-6-5-16-11/h9-11,13,16H,3-8H2,1-2H3,(H,17,20). The molecule has 2 aliphatic rings. The molecule has 1 saturated heterocycles. The molecule has 0 radical (unpaired) electrons. The first-order valence-corrected chi connectivity index (χ1v) is 9.23. The average Bonchev–Trinajstić information content (AvgIpc) is 3.24. The zero-order chi connectivity index (χ0) is 15.5. The lowest BCUT2D eigenvalue weighted by atomic mass is 10.0. The zero-order valence-electron chi connectivity index (χ0n) is 13.2. The molecule has 7 heteroatoms. The Balaban J connectivity index is 1.59. The van der Waals surface area contributed by atoms with Crippen molar-refractivity contribution in [3.8, 4) is 0 Å². The molecule has 1 amide bonds. The largest absolute Gasteiger partial charge is 0.344 e. The Kier molecular flexibility index (Phi) is 5.03. The number of carbonyl (C=O) groups is 1. The van der Waals surface area contributed by atoms with Crippen LogP contribution in [0.15, 0.2) is 4.52 Å². The minimum Gasteiger partial charge on any atom is -0.344 e. The lowest BCUT2D eigenvalue weighted by molar-refractivity contribution is -0.122. The van der Waals surface area contributed by atoms with Crippen LogP contribution in [0, 0.1) is 5.92 Å². The molecular weight excluding hydrogens is 300 g/mol. The molecule has 1 aliphatic heterocycles. The van der Waals surface area contributed by atoms with Crippen molar-refractivity contribution < 1.29 is 9.32 Å². The van der Waals surface area contributed by atoms with Crippen molar-refractivity contribution in [2.75, 3.05) is 18.1 Å². The fourth-order valence-electron chi connectivity index (χ4n) is 2.60. The third-order valence-electron chi connectivity index (χ3n) is 4.08. The normalized spacial score (nSPS) is 23.5. The van der Waals surface area contributed by atoms with E-state index in [1.54, 1.807) is 0 Å². The van der Waals surface area contributed by atoms with Crippen LogP contribution in [0.25, 0.3) is 0 Å². The van der Waals surface area contributed by atoms with E-state index in [0.717, 1.165) is 36.7 Å². The minimum absolute atomic E-state index is 0.0462. The summed E-state index contributed by atoms with van der Waals surface area (Å²) >= 11 is 1.90. The molecule has 2 heterocycles. The second-order valence-corrected chi connectivity index (χ2v) is 7.63. The van der Waals surface area contributed by atoms with Crippen molar-refractivity contribution in [3.05, 3.63) is 11.7 Å².